The Morgan fingerprint density at radius 2 is 1.97 bits per heavy atom. The van der Waals surface area contributed by atoms with E-state index in [1.165, 1.54) is 11.6 Å². The molecule has 5 nitrogen and oxygen atoms in total. The zero-order valence-corrected chi connectivity index (χ0v) is 18.9. The summed E-state index contributed by atoms with van der Waals surface area (Å²) >= 11 is 0. The third-order valence-electron chi connectivity index (χ3n) is 8.53. The molecule has 2 heterocycles. The Balaban J connectivity index is 1.53. The first-order chi connectivity index (χ1) is 14.0. The molecule has 0 aromatic heterocycles. The van der Waals surface area contributed by atoms with Gasteiger partial charge in [0.25, 0.3) is 0 Å². The topological polar surface area (TPSA) is 76.0 Å². The van der Waals surface area contributed by atoms with Crippen LogP contribution in [0.4, 0.5) is 0 Å². The van der Waals surface area contributed by atoms with E-state index >= 15 is 0 Å². The summed E-state index contributed by atoms with van der Waals surface area (Å²) < 4.78 is 11.2. The molecule has 2 N–H and O–H groups in total. The summed E-state index contributed by atoms with van der Waals surface area (Å²) in [6.07, 6.45) is 10.0. The highest BCUT2D eigenvalue weighted by molar-refractivity contribution is 5.88. The van der Waals surface area contributed by atoms with E-state index in [1.807, 2.05) is 26.0 Å². The SMILES string of the molecule is CC1=CC(=O)O/C1=C\C=C(/C)CC[C@@H]1[C@@]2(C)CCC[C@]3(C)[C@@H]2[C@H](C[C@@]1(C)O)O[C@H]3O. The molecule has 1 saturated heterocycles. The first-order valence-electron chi connectivity index (χ1n) is 11.3. The fraction of sp³-hybridized carbons (Fsp3) is 0.720. The second kappa shape index (κ2) is 7.32. The van der Waals surface area contributed by atoms with Crippen LogP contribution in [0.3, 0.4) is 0 Å². The summed E-state index contributed by atoms with van der Waals surface area (Å²) in [5, 5.41) is 22.1. The number of cyclic esters (lactones) is 1. The smallest absolute Gasteiger partial charge is 0.336 e. The summed E-state index contributed by atoms with van der Waals surface area (Å²) in [6.45, 7) is 10.4. The van der Waals surface area contributed by atoms with Gasteiger partial charge in [-0.25, -0.2) is 4.79 Å². The zero-order chi connectivity index (χ0) is 21.9. The van der Waals surface area contributed by atoms with Gasteiger partial charge >= 0.3 is 5.97 Å². The summed E-state index contributed by atoms with van der Waals surface area (Å²) in [6, 6.07) is 0. The molecule has 0 bridgehead atoms. The van der Waals surface area contributed by atoms with Crippen LogP contribution in [-0.2, 0) is 14.3 Å². The molecular formula is C25H36O5. The van der Waals surface area contributed by atoms with Gasteiger partial charge < -0.3 is 19.7 Å². The Kier molecular flexibility index (Phi) is 5.32. The number of hydrogen-bond acceptors (Lipinski definition) is 5. The fourth-order valence-corrected chi connectivity index (χ4v) is 7.20. The van der Waals surface area contributed by atoms with Crippen molar-refractivity contribution >= 4 is 5.97 Å². The van der Waals surface area contributed by atoms with Gasteiger partial charge in [-0.05, 0) is 69.4 Å². The molecule has 5 heteroatoms. The third kappa shape index (κ3) is 3.39. The minimum atomic E-state index is -0.822. The maximum Gasteiger partial charge on any atom is 0.336 e. The summed E-state index contributed by atoms with van der Waals surface area (Å²) in [5.74, 6) is 0.712. The van der Waals surface area contributed by atoms with Crippen LogP contribution in [0, 0.1) is 22.7 Å². The molecule has 2 aliphatic carbocycles. The van der Waals surface area contributed by atoms with Crippen molar-refractivity contribution in [3.63, 3.8) is 0 Å². The average Bonchev–Trinajstić information content (AvgIpc) is 3.08. The maximum atomic E-state index is 11.4. The van der Waals surface area contributed by atoms with Crippen molar-refractivity contribution in [2.75, 3.05) is 0 Å². The highest BCUT2D eigenvalue weighted by Gasteiger charge is 2.68. The highest BCUT2D eigenvalue weighted by atomic mass is 16.6. The molecule has 30 heavy (non-hydrogen) atoms. The molecule has 4 aliphatic rings. The lowest BCUT2D eigenvalue weighted by Crippen LogP contribution is -2.61. The van der Waals surface area contributed by atoms with Crippen molar-refractivity contribution in [2.45, 2.75) is 91.1 Å². The van der Waals surface area contributed by atoms with E-state index in [0.29, 0.717) is 12.2 Å². The van der Waals surface area contributed by atoms with Crippen molar-refractivity contribution in [1.82, 2.24) is 0 Å². The zero-order valence-electron chi connectivity index (χ0n) is 18.9. The van der Waals surface area contributed by atoms with Gasteiger partial charge in [0.1, 0.15) is 5.76 Å². The highest BCUT2D eigenvalue weighted by Crippen LogP contribution is 2.67. The van der Waals surface area contributed by atoms with E-state index in [9.17, 15) is 15.0 Å². The molecule has 7 atom stereocenters. The third-order valence-corrected chi connectivity index (χ3v) is 8.53. The van der Waals surface area contributed by atoms with Crippen LogP contribution in [0.2, 0.25) is 0 Å². The average molecular weight is 417 g/mol. The van der Waals surface area contributed by atoms with Crippen LogP contribution >= 0.6 is 0 Å². The van der Waals surface area contributed by atoms with Gasteiger partial charge in [0, 0.05) is 23.8 Å². The number of hydrogen-bond donors (Lipinski definition) is 2. The standard InChI is InChI=1S/C25H36O5/c1-15(7-9-17-16(2)13-20(26)29-17)8-10-19-23(3)11-6-12-24(4)21(23)18(30-22(24)27)14-25(19,5)28/h7,9,13,18-19,21-22,27-28H,6,8,10-12,14H2,1-5H3/b15-7+,17-9-/t18-,19+,21+,22+,23+,24+,25+/m0/s1. The van der Waals surface area contributed by atoms with E-state index in [4.69, 9.17) is 9.47 Å². The summed E-state index contributed by atoms with van der Waals surface area (Å²) in [7, 11) is 0. The number of aliphatic hydroxyl groups is 2. The molecule has 4 rings (SSSR count). The molecule has 3 fully saturated rings. The van der Waals surface area contributed by atoms with E-state index in [0.717, 1.165) is 37.7 Å². The first kappa shape index (κ1) is 21.8. The van der Waals surface area contributed by atoms with Gasteiger partial charge in [0.2, 0.25) is 0 Å². The van der Waals surface area contributed by atoms with Crippen LogP contribution in [0.15, 0.2) is 35.1 Å². The number of rotatable bonds is 4. The van der Waals surface area contributed by atoms with Crippen molar-refractivity contribution in [1.29, 1.82) is 0 Å². The number of ether oxygens (including phenoxy) is 2. The number of carbonyl (C=O) groups is 1. The molecule has 0 spiro atoms. The van der Waals surface area contributed by atoms with E-state index in [-0.39, 0.29) is 34.7 Å². The largest absolute Gasteiger partial charge is 0.423 e. The molecule has 0 aromatic carbocycles. The van der Waals surface area contributed by atoms with Gasteiger partial charge in [-0.2, -0.15) is 0 Å². The molecule has 2 aliphatic heterocycles. The van der Waals surface area contributed by atoms with Crippen molar-refractivity contribution in [3.05, 3.63) is 35.1 Å². The fourth-order valence-electron chi connectivity index (χ4n) is 7.20. The number of carbonyl (C=O) groups excluding carboxylic acids is 1. The number of allylic oxidation sites excluding steroid dienone is 4. The Morgan fingerprint density at radius 1 is 1.27 bits per heavy atom. The van der Waals surface area contributed by atoms with Crippen LogP contribution in [0.1, 0.15) is 73.1 Å². The lowest BCUT2D eigenvalue weighted by atomic mass is 9.44. The second-order valence-electron chi connectivity index (χ2n) is 10.8. The normalized spacial score (nSPS) is 47.3. The Bertz CT molecular complexity index is 821. The van der Waals surface area contributed by atoms with E-state index < -0.39 is 11.9 Å². The first-order valence-corrected chi connectivity index (χ1v) is 11.3. The lowest BCUT2D eigenvalue weighted by Gasteiger charge is -2.60. The predicted molar refractivity (Wildman–Crippen MR) is 114 cm³/mol. The lowest BCUT2D eigenvalue weighted by molar-refractivity contribution is -0.182. The van der Waals surface area contributed by atoms with Crippen LogP contribution in [0.5, 0.6) is 0 Å². The summed E-state index contributed by atoms with van der Waals surface area (Å²) in [5.41, 5.74) is 0.936. The molecule has 2 saturated carbocycles. The van der Waals surface area contributed by atoms with E-state index in [1.54, 1.807) is 0 Å². The van der Waals surface area contributed by atoms with Gasteiger partial charge in [-0.15, -0.1) is 0 Å². The molecule has 0 unspecified atom stereocenters. The minimum absolute atomic E-state index is 0.0596. The predicted octanol–water partition coefficient (Wildman–Crippen LogP) is 4.40. The van der Waals surface area contributed by atoms with Crippen LogP contribution in [-0.4, -0.2) is 34.2 Å². The minimum Gasteiger partial charge on any atom is -0.423 e. The molecular weight excluding hydrogens is 380 g/mol. The molecule has 0 aromatic rings. The van der Waals surface area contributed by atoms with Crippen molar-refractivity contribution in [3.8, 4) is 0 Å². The van der Waals surface area contributed by atoms with E-state index in [2.05, 4.69) is 20.8 Å². The number of aliphatic hydroxyl groups excluding tert-OH is 1. The molecule has 0 amide bonds. The summed E-state index contributed by atoms with van der Waals surface area (Å²) in [4.78, 5) is 11.4. The monoisotopic (exact) mass is 416 g/mol. The van der Waals surface area contributed by atoms with Gasteiger partial charge in [0.05, 0.1) is 11.7 Å². The second-order valence-corrected chi connectivity index (χ2v) is 10.8. The molecule has 166 valence electrons. The molecule has 0 radical (unpaired) electrons. The Hall–Kier alpha value is -1.43. The quantitative estimate of drug-likeness (QED) is 0.664. The van der Waals surface area contributed by atoms with Crippen molar-refractivity contribution in [2.24, 2.45) is 22.7 Å². The van der Waals surface area contributed by atoms with Crippen molar-refractivity contribution < 1.29 is 24.5 Å². The van der Waals surface area contributed by atoms with Crippen LogP contribution in [0.25, 0.3) is 0 Å². The maximum absolute atomic E-state index is 11.4. The van der Waals surface area contributed by atoms with Gasteiger partial charge in [0.15, 0.2) is 6.29 Å². The van der Waals surface area contributed by atoms with Crippen LogP contribution < -0.4 is 0 Å². The number of esters is 1. The van der Waals surface area contributed by atoms with Gasteiger partial charge in [-0.3, -0.25) is 0 Å². The Morgan fingerprint density at radius 3 is 2.63 bits per heavy atom. The Labute approximate surface area is 179 Å². The van der Waals surface area contributed by atoms with Gasteiger partial charge in [-0.1, -0.05) is 31.9 Å².